The van der Waals surface area contributed by atoms with E-state index in [0.29, 0.717) is 12.5 Å². The van der Waals surface area contributed by atoms with Crippen LogP contribution in [0.4, 0.5) is 0 Å². The smallest absolute Gasteiger partial charge is 0.364 e. The average molecular weight is 319 g/mol. The summed E-state index contributed by atoms with van der Waals surface area (Å²) in [4.78, 5) is 16.2. The van der Waals surface area contributed by atoms with Crippen molar-refractivity contribution < 1.29 is 23.4 Å². The molecule has 0 saturated carbocycles. The van der Waals surface area contributed by atoms with Crippen molar-refractivity contribution in [2.75, 3.05) is 20.3 Å². The number of ether oxygens (including phenoxy) is 3. The molecule has 0 N–H and O–H groups in total. The highest BCUT2D eigenvalue weighted by Crippen LogP contribution is 2.30. The van der Waals surface area contributed by atoms with Gasteiger partial charge in [0.1, 0.15) is 5.75 Å². The topological polar surface area (TPSA) is 70.8 Å². The molecule has 23 heavy (non-hydrogen) atoms. The zero-order valence-electron chi connectivity index (χ0n) is 13.8. The van der Waals surface area contributed by atoms with Gasteiger partial charge in [-0.1, -0.05) is 12.1 Å². The number of benzene rings is 1. The molecule has 6 heteroatoms. The third kappa shape index (κ3) is 3.83. The number of carbonyl (C=O) groups excluding carboxylic acids is 1. The highest BCUT2D eigenvalue weighted by atomic mass is 16.6. The molecule has 0 aliphatic carbocycles. The number of aromatic nitrogens is 1. The maximum atomic E-state index is 12.0. The van der Waals surface area contributed by atoms with Crippen LogP contribution in [0, 0.1) is 0 Å². The number of hydrogen-bond donors (Lipinski definition) is 0. The van der Waals surface area contributed by atoms with E-state index in [0.717, 1.165) is 11.3 Å². The fraction of sp³-hybridized carbons (Fsp3) is 0.412. The van der Waals surface area contributed by atoms with Gasteiger partial charge in [-0.15, -0.1) is 0 Å². The monoisotopic (exact) mass is 319 g/mol. The van der Waals surface area contributed by atoms with Gasteiger partial charge in [0.15, 0.2) is 0 Å². The van der Waals surface area contributed by atoms with Gasteiger partial charge in [0.05, 0.1) is 26.2 Å². The number of carbonyl (C=O) groups is 1. The van der Waals surface area contributed by atoms with Crippen molar-refractivity contribution in [2.24, 2.45) is 0 Å². The predicted molar refractivity (Wildman–Crippen MR) is 84.1 cm³/mol. The summed E-state index contributed by atoms with van der Waals surface area (Å²) in [5, 5.41) is 0. The maximum Gasteiger partial charge on any atom is 0.364 e. The highest BCUT2D eigenvalue weighted by Gasteiger charge is 2.25. The lowest BCUT2D eigenvalue weighted by Crippen LogP contribution is -2.08. The molecule has 1 aromatic heterocycles. The molecule has 124 valence electrons. The van der Waals surface area contributed by atoms with Gasteiger partial charge >= 0.3 is 11.9 Å². The van der Waals surface area contributed by atoms with Crippen LogP contribution in [0.2, 0.25) is 0 Å². The van der Waals surface area contributed by atoms with Crippen molar-refractivity contribution in [3.8, 4) is 11.7 Å². The normalized spacial score (nSPS) is 11.8. The van der Waals surface area contributed by atoms with Crippen LogP contribution in [0.25, 0.3) is 0 Å². The Bertz CT molecular complexity index is 648. The zero-order valence-corrected chi connectivity index (χ0v) is 13.8. The Morgan fingerprint density at radius 3 is 2.48 bits per heavy atom. The molecule has 0 bridgehead atoms. The fourth-order valence-corrected chi connectivity index (χ4v) is 2.10. The van der Waals surface area contributed by atoms with Crippen molar-refractivity contribution in [1.82, 2.24) is 4.98 Å². The second-order valence-electron chi connectivity index (χ2n) is 4.84. The Morgan fingerprint density at radius 1 is 1.22 bits per heavy atom. The molecule has 2 rings (SSSR count). The Kier molecular flexibility index (Phi) is 5.62. The van der Waals surface area contributed by atoms with Crippen LogP contribution in [0.1, 0.15) is 48.6 Å². The van der Waals surface area contributed by atoms with Gasteiger partial charge in [0.25, 0.3) is 0 Å². The summed E-state index contributed by atoms with van der Waals surface area (Å²) in [6, 6.07) is 7.59. The summed E-state index contributed by atoms with van der Waals surface area (Å²) in [5.41, 5.74) is 1.06. The van der Waals surface area contributed by atoms with Crippen molar-refractivity contribution in [2.45, 2.75) is 26.7 Å². The fourth-order valence-electron chi connectivity index (χ4n) is 2.10. The molecule has 1 unspecified atom stereocenters. The van der Waals surface area contributed by atoms with Crippen molar-refractivity contribution in [3.05, 3.63) is 41.4 Å². The predicted octanol–water partition coefficient (Wildman–Crippen LogP) is 3.41. The van der Waals surface area contributed by atoms with Crippen LogP contribution in [0.5, 0.6) is 11.7 Å². The Hall–Kier alpha value is -2.50. The lowest BCUT2D eigenvalue weighted by molar-refractivity contribution is 0.0512. The molecule has 1 heterocycles. The lowest BCUT2D eigenvalue weighted by atomic mass is 10.0. The molecular weight excluding hydrogens is 298 g/mol. The summed E-state index contributed by atoms with van der Waals surface area (Å²) >= 11 is 0. The van der Waals surface area contributed by atoms with E-state index >= 15 is 0 Å². The molecule has 0 amide bonds. The molecule has 6 nitrogen and oxygen atoms in total. The van der Waals surface area contributed by atoms with Gasteiger partial charge in [-0.2, -0.15) is 0 Å². The van der Waals surface area contributed by atoms with Crippen LogP contribution in [-0.2, 0) is 4.74 Å². The summed E-state index contributed by atoms with van der Waals surface area (Å²) in [6.07, 6.45) is 0. The molecule has 1 atom stereocenters. The van der Waals surface area contributed by atoms with Crippen molar-refractivity contribution >= 4 is 5.97 Å². The highest BCUT2D eigenvalue weighted by molar-refractivity contribution is 5.89. The Labute approximate surface area is 135 Å². The van der Waals surface area contributed by atoms with Crippen LogP contribution in [0.3, 0.4) is 0 Å². The first-order valence-electron chi connectivity index (χ1n) is 7.55. The molecular formula is C17H21NO5. The number of esters is 1. The minimum atomic E-state index is -0.548. The van der Waals surface area contributed by atoms with E-state index in [2.05, 4.69) is 4.98 Å². The molecule has 0 radical (unpaired) electrons. The van der Waals surface area contributed by atoms with Gasteiger partial charge in [0, 0.05) is 0 Å². The van der Waals surface area contributed by atoms with Crippen LogP contribution in [-0.4, -0.2) is 31.3 Å². The van der Waals surface area contributed by atoms with Gasteiger partial charge in [-0.05, 0) is 38.5 Å². The lowest BCUT2D eigenvalue weighted by Gasteiger charge is -2.08. The molecule has 1 aromatic carbocycles. The number of methoxy groups -OCH3 is 1. The molecule has 0 spiro atoms. The van der Waals surface area contributed by atoms with Gasteiger partial charge in [-0.3, -0.25) is 0 Å². The summed E-state index contributed by atoms with van der Waals surface area (Å²) in [5.74, 6) is 0.592. The number of oxazole rings is 1. The van der Waals surface area contributed by atoms with E-state index < -0.39 is 5.97 Å². The van der Waals surface area contributed by atoms with E-state index in [1.807, 2.05) is 38.1 Å². The first kappa shape index (κ1) is 16.9. The second kappa shape index (κ2) is 7.67. The number of hydrogen-bond acceptors (Lipinski definition) is 6. The summed E-state index contributed by atoms with van der Waals surface area (Å²) < 4.78 is 21.1. The van der Waals surface area contributed by atoms with Crippen LogP contribution in [0.15, 0.2) is 28.7 Å². The van der Waals surface area contributed by atoms with Gasteiger partial charge in [0.2, 0.25) is 11.6 Å². The Morgan fingerprint density at radius 2 is 1.91 bits per heavy atom. The number of nitrogens with zero attached hydrogens (tertiary/aromatic N) is 1. The third-order valence-corrected chi connectivity index (χ3v) is 3.34. The number of rotatable bonds is 7. The quantitative estimate of drug-likeness (QED) is 0.728. The first-order valence-corrected chi connectivity index (χ1v) is 7.55. The summed E-state index contributed by atoms with van der Waals surface area (Å²) in [7, 11) is 1.62. The standard InChI is InChI=1S/C17H21NO5/c1-5-21-16(19)14-17(22-6-2)23-15(18-14)11(3)12-7-9-13(20-4)10-8-12/h7-11H,5-6H2,1-4H3. The molecule has 0 saturated heterocycles. The van der Waals surface area contributed by atoms with Crippen molar-refractivity contribution in [1.29, 1.82) is 0 Å². The molecule has 2 aromatic rings. The van der Waals surface area contributed by atoms with E-state index in [1.54, 1.807) is 14.0 Å². The van der Waals surface area contributed by atoms with E-state index in [1.165, 1.54) is 0 Å². The minimum Gasteiger partial charge on any atom is -0.497 e. The molecule has 0 aliphatic heterocycles. The van der Waals surface area contributed by atoms with E-state index in [9.17, 15) is 4.79 Å². The minimum absolute atomic E-state index is 0.0732. The Balaban J connectivity index is 2.30. The molecule has 0 aliphatic rings. The SMILES string of the molecule is CCOC(=O)c1nc(C(C)c2ccc(OC)cc2)oc1OCC. The largest absolute Gasteiger partial charge is 0.497 e. The second-order valence-corrected chi connectivity index (χ2v) is 4.84. The molecule has 0 fully saturated rings. The van der Waals surface area contributed by atoms with Gasteiger partial charge < -0.3 is 18.6 Å². The third-order valence-electron chi connectivity index (χ3n) is 3.34. The average Bonchev–Trinajstić information content (AvgIpc) is 2.99. The van der Waals surface area contributed by atoms with Crippen LogP contribution < -0.4 is 9.47 Å². The summed E-state index contributed by atoms with van der Waals surface area (Å²) in [6.45, 7) is 6.13. The van der Waals surface area contributed by atoms with Gasteiger partial charge in [-0.25, -0.2) is 9.78 Å². The van der Waals surface area contributed by atoms with Crippen molar-refractivity contribution in [3.63, 3.8) is 0 Å². The first-order chi connectivity index (χ1) is 11.1. The van der Waals surface area contributed by atoms with Crippen LogP contribution >= 0.6 is 0 Å². The maximum absolute atomic E-state index is 12.0. The zero-order chi connectivity index (χ0) is 16.8. The van der Waals surface area contributed by atoms with E-state index in [-0.39, 0.29) is 24.2 Å². The van der Waals surface area contributed by atoms with E-state index in [4.69, 9.17) is 18.6 Å².